The number of carbonyl (C=O) groups excluding carboxylic acids is 1. The summed E-state index contributed by atoms with van der Waals surface area (Å²) in [4.78, 5) is 23.8. The zero-order valence-corrected chi connectivity index (χ0v) is 15.7. The average molecular weight is 366 g/mol. The highest BCUT2D eigenvalue weighted by Gasteiger charge is 2.34. The fourth-order valence-corrected chi connectivity index (χ4v) is 3.47. The summed E-state index contributed by atoms with van der Waals surface area (Å²) in [6.07, 6.45) is 7.66. The maximum atomic E-state index is 13.0. The molecule has 0 bridgehead atoms. The second kappa shape index (κ2) is 6.57. The van der Waals surface area contributed by atoms with Gasteiger partial charge in [-0.2, -0.15) is 0 Å². The van der Waals surface area contributed by atoms with Gasteiger partial charge in [0, 0.05) is 36.7 Å². The molecule has 140 valence electrons. The van der Waals surface area contributed by atoms with Crippen molar-refractivity contribution in [3.05, 3.63) is 41.9 Å². The normalized spacial score (nSPS) is 24.2. The van der Waals surface area contributed by atoms with Gasteiger partial charge in [-0.05, 0) is 19.4 Å². The molecule has 1 aromatic carbocycles. The SMILES string of the molecule is COc1cc2c(cc1OC)C1=NCCN1C(=CC(=O)C1(C)C=NC=CC1)N2. The van der Waals surface area contributed by atoms with Crippen molar-refractivity contribution in [2.75, 3.05) is 32.6 Å². The van der Waals surface area contributed by atoms with Crippen LogP contribution in [0.4, 0.5) is 5.69 Å². The number of ketones is 1. The van der Waals surface area contributed by atoms with Crippen molar-refractivity contribution < 1.29 is 14.3 Å². The van der Waals surface area contributed by atoms with Crippen molar-refractivity contribution in [3.63, 3.8) is 0 Å². The molecule has 7 nitrogen and oxygen atoms in total. The van der Waals surface area contributed by atoms with Crippen molar-refractivity contribution >= 4 is 23.5 Å². The molecule has 0 saturated heterocycles. The van der Waals surface area contributed by atoms with Crippen LogP contribution in [0, 0.1) is 5.41 Å². The number of ether oxygens (including phenoxy) is 2. The molecular weight excluding hydrogens is 344 g/mol. The highest BCUT2D eigenvalue weighted by atomic mass is 16.5. The molecule has 7 heteroatoms. The number of benzene rings is 1. The molecule has 0 aromatic heterocycles. The summed E-state index contributed by atoms with van der Waals surface area (Å²) in [5.41, 5.74) is 1.15. The number of nitrogens with zero attached hydrogens (tertiary/aromatic N) is 3. The molecule has 0 spiro atoms. The minimum Gasteiger partial charge on any atom is -0.493 e. The Morgan fingerprint density at radius 2 is 2.07 bits per heavy atom. The first-order valence-electron chi connectivity index (χ1n) is 8.86. The number of hydrogen-bond acceptors (Lipinski definition) is 7. The van der Waals surface area contributed by atoms with E-state index in [9.17, 15) is 4.79 Å². The van der Waals surface area contributed by atoms with Gasteiger partial charge in [0.15, 0.2) is 17.3 Å². The first kappa shape index (κ1) is 17.3. The van der Waals surface area contributed by atoms with Crippen LogP contribution in [-0.2, 0) is 4.79 Å². The Bertz CT molecular complexity index is 916. The summed E-state index contributed by atoms with van der Waals surface area (Å²) in [5, 5.41) is 3.37. The molecule has 3 heterocycles. The van der Waals surface area contributed by atoms with E-state index in [1.807, 2.05) is 30.0 Å². The number of rotatable bonds is 4. The molecular formula is C20H22N4O3. The summed E-state index contributed by atoms with van der Waals surface area (Å²) < 4.78 is 10.8. The lowest BCUT2D eigenvalue weighted by Crippen LogP contribution is -2.38. The zero-order valence-electron chi connectivity index (χ0n) is 15.7. The lowest BCUT2D eigenvalue weighted by molar-refractivity contribution is -0.119. The lowest BCUT2D eigenvalue weighted by atomic mass is 9.82. The van der Waals surface area contributed by atoms with E-state index in [1.165, 1.54) is 0 Å². The van der Waals surface area contributed by atoms with E-state index < -0.39 is 5.41 Å². The number of methoxy groups -OCH3 is 2. The van der Waals surface area contributed by atoms with E-state index in [0.29, 0.717) is 24.5 Å². The molecule has 0 radical (unpaired) electrons. The third-order valence-corrected chi connectivity index (χ3v) is 5.08. The molecule has 27 heavy (non-hydrogen) atoms. The Balaban J connectivity index is 1.73. The molecule has 1 unspecified atom stereocenters. The van der Waals surface area contributed by atoms with Crippen LogP contribution in [0.3, 0.4) is 0 Å². The Kier molecular flexibility index (Phi) is 4.22. The predicted molar refractivity (Wildman–Crippen MR) is 105 cm³/mol. The molecule has 1 atom stereocenters. The van der Waals surface area contributed by atoms with Crippen LogP contribution in [0.15, 0.2) is 46.3 Å². The number of nitrogens with one attached hydrogen (secondary N) is 1. The Hall–Kier alpha value is -3.09. The van der Waals surface area contributed by atoms with Crippen LogP contribution in [0.5, 0.6) is 11.5 Å². The Labute approximate surface area is 158 Å². The third kappa shape index (κ3) is 2.89. The zero-order chi connectivity index (χ0) is 19.0. The highest BCUT2D eigenvalue weighted by molar-refractivity contribution is 6.11. The average Bonchev–Trinajstić information content (AvgIpc) is 3.18. The summed E-state index contributed by atoms with van der Waals surface area (Å²) in [6, 6.07) is 3.79. The highest BCUT2D eigenvalue weighted by Crippen LogP contribution is 2.39. The lowest BCUT2D eigenvalue weighted by Gasteiger charge is -2.32. The second-order valence-electron chi connectivity index (χ2n) is 6.91. The number of allylic oxidation sites excluding steroid dienone is 2. The van der Waals surface area contributed by atoms with Gasteiger partial charge in [-0.1, -0.05) is 6.08 Å². The first-order valence-corrected chi connectivity index (χ1v) is 8.86. The van der Waals surface area contributed by atoms with E-state index in [2.05, 4.69) is 15.3 Å². The van der Waals surface area contributed by atoms with Gasteiger partial charge in [0.05, 0.1) is 31.9 Å². The number of aliphatic imine (C=N–C) groups is 2. The van der Waals surface area contributed by atoms with Crippen LogP contribution >= 0.6 is 0 Å². The molecule has 3 aliphatic rings. The van der Waals surface area contributed by atoms with Gasteiger partial charge < -0.3 is 19.7 Å². The van der Waals surface area contributed by atoms with Crippen LogP contribution in [0.25, 0.3) is 0 Å². The number of amidine groups is 1. The third-order valence-electron chi connectivity index (χ3n) is 5.08. The molecule has 1 aromatic rings. The van der Waals surface area contributed by atoms with Crippen molar-refractivity contribution in [2.24, 2.45) is 15.4 Å². The van der Waals surface area contributed by atoms with Crippen LogP contribution in [0.2, 0.25) is 0 Å². The molecule has 1 N–H and O–H groups in total. The molecule has 0 fully saturated rings. The van der Waals surface area contributed by atoms with E-state index in [4.69, 9.17) is 9.47 Å². The molecule has 0 saturated carbocycles. The van der Waals surface area contributed by atoms with Crippen LogP contribution < -0.4 is 14.8 Å². The van der Waals surface area contributed by atoms with Gasteiger partial charge in [-0.25, -0.2) is 0 Å². The minimum absolute atomic E-state index is 0.00766. The van der Waals surface area contributed by atoms with E-state index in [1.54, 1.807) is 32.7 Å². The number of hydrogen-bond donors (Lipinski definition) is 1. The van der Waals surface area contributed by atoms with Crippen molar-refractivity contribution in [2.45, 2.75) is 13.3 Å². The van der Waals surface area contributed by atoms with E-state index >= 15 is 0 Å². The van der Waals surface area contributed by atoms with Gasteiger partial charge in [-0.15, -0.1) is 0 Å². The van der Waals surface area contributed by atoms with Gasteiger partial charge >= 0.3 is 0 Å². The summed E-state index contributed by atoms with van der Waals surface area (Å²) in [6.45, 7) is 3.31. The minimum atomic E-state index is -0.627. The smallest absolute Gasteiger partial charge is 0.170 e. The Morgan fingerprint density at radius 1 is 1.30 bits per heavy atom. The standard InChI is InChI=1S/C20H22N4O3/c1-20(5-4-6-21-12-20)17(25)11-18-23-14-10-16(27-3)15(26-2)9-13(14)19-22-7-8-24(18)19/h4,6,9-12,23H,5,7-8H2,1-3H3. The predicted octanol–water partition coefficient (Wildman–Crippen LogP) is 2.60. The summed E-state index contributed by atoms with van der Waals surface area (Å²) >= 11 is 0. The van der Waals surface area contributed by atoms with Crippen molar-refractivity contribution in [1.29, 1.82) is 0 Å². The van der Waals surface area contributed by atoms with Crippen LogP contribution in [-0.4, -0.2) is 50.0 Å². The molecule has 0 aliphatic carbocycles. The van der Waals surface area contributed by atoms with Crippen molar-refractivity contribution in [3.8, 4) is 11.5 Å². The maximum absolute atomic E-state index is 13.0. The Morgan fingerprint density at radius 3 is 2.78 bits per heavy atom. The molecule has 4 rings (SSSR count). The monoisotopic (exact) mass is 366 g/mol. The van der Waals surface area contributed by atoms with E-state index in [-0.39, 0.29) is 5.78 Å². The number of anilines is 1. The molecule has 0 amide bonds. The van der Waals surface area contributed by atoms with Gasteiger partial charge in [0.1, 0.15) is 11.7 Å². The number of carbonyl (C=O) groups is 1. The van der Waals surface area contributed by atoms with Gasteiger partial charge in [-0.3, -0.25) is 14.8 Å². The van der Waals surface area contributed by atoms with E-state index in [0.717, 1.165) is 29.5 Å². The topological polar surface area (TPSA) is 75.5 Å². The maximum Gasteiger partial charge on any atom is 0.170 e. The molecule has 3 aliphatic heterocycles. The van der Waals surface area contributed by atoms with Crippen molar-refractivity contribution in [1.82, 2.24) is 4.90 Å². The quantitative estimate of drug-likeness (QED) is 0.829. The fraction of sp³-hybridized carbons (Fsp3) is 0.350. The second-order valence-corrected chi connectivity index (χ2v) is 6.91. The van der Waals surface area contributed by atoms with Gasteiger partial charge in [0.25, 0.3) is 0 Å². The number of fused-ring (bicyclic) bond motifs is 3. The largest absolute Gasteiger partial charge is 0.493 e. The van der Waals surface area contributed by atoms with Crippen LogP contribution in [0.1, 0.15) is 18.9 Å². The fourth-order valence-electron chi connectivity index (χ4n) is 3.47. The van der Waals surface area contributed by atoms with Gasteiger partial charge in [0.2, 0.25) is 0 Å². The first-order chi connectivity index (χ1) is 13.1. The summed E-state index contributed by atoms with van der Waals surface area (Å²) in [5.74, 6) is 2.84. The summed E-state index contributed by atoms with van der Waals surface area (Å²) in [7, 11) is 3.21.